The summed E-state index contributed by atoms with van der Waals surface area (Å²) in [5.74, 6) is 0.829. The average molecular weight is 286 g/mol. The lowest BCUT2D eigenvalue weighted by Crippen LogP contribution is -2.17. The molecule has 1 unspecified atom stereocenters. The molecular formula is C14H13F3O3. The lowest BCUT2D eigenvalue weighted by molar-refractivity contribution is -0.274. The van der Waals surface area contributed by atoms with Gasteiger partial charge in [0.25, 0.3) is 0 Å². The van der Waals surface area contributed by atoms with Crippen LogP contribution in [0.5, 0.6) is 5.75 Å². The van der Waals surface area contributed by atoms with Crippen molar-refractivity contribution in [2.75, 3.05) is 0 Å². The van der Waals surface area contributed by atoms with Gasteiger partial charge >= 0.3 is 6.36 Å². The summed E-state index contributed by atoms with van der Waals surface area (Å²) >= 11 is 0. The highest BCUT2D eigenvalue weighted by molar-refractivity contribution is 5.28. The molecule has 0 bridgehead atoms. The van der Waals surface area contributed by atoms with Crippen LogP contribution in [0.25, 0.3) is 0 Å². The van der Waals surface area contributed by atoms with E-state index in [4.69, 9.17) is 4.42 Å². The third kappa shape index (κ3) is 4.03. The van der Waals surface area contributed by atoms with Gasteiger partial charge < -0.3 is 14.3 Å². The van der Waals surface area contributed by atoms with Crippen LogP contribution < -0.4 is 4.74 Å². The smallest absolute Gasteiger partial charge is 0.464 e. The van der Waals surface area contributed by atoms with E-state index in [1.165, 1.54) is 24.3 Å². The number of alkyl halides is 3. The fourth-order valence-electron chi connectivity index (χ4n) is 1.78. The van der Waals surface area contributed by atoms with Crippen LogP contribution >= 0.6 is 0 Å². The van der Waals surface area contributed by atoms with Gasteiger partial charge in [0.2, 0.25) is 0 Å². The van der Waals surface area contributed by atoms with Crippen LogP contribution in [0.4, 0.5) is 13.2 Å². The van der Waals surface area contributed by atoms with Gasteiger partial charge in [0.05, 0.1) is 0 Å². The topological polar surface area (TPSA) is 42.6 Å². The van der Waals surface area contributed by atoms with Crippen molar-refractivity contribution in [3.63, 3.8) is 0 Å². The summed E-state index contributed by atoms with van der Waals surface area (Å²) in [5.41, 5.74) is 0.682. The molecule has 1 N–H and O–H groups in total. The van der Waals surface area contributed by atoms with Crippen LogP contribution in [0.1, 0.15) is 23.2 Å². The lowest BCUT2D eigenvalue weighted by Gasteiger charge is -2.11. The zero-order valence-corrected chi connectivity index (χ0v) is 10.6. The average Bonchev–Trinajstić information content (AvgIpc) is 2.77. The standard InChI is InChI=1S/C14H13F3O3/c1-9-2-7-13(19-9)12(18)8-10-3-5-11(6-4-10)20-14(15,16)17/h2-7,12,18H,8H2,1H3. The fourth-order valence-corrected chi connectivity index (χ4v) is 1.78. The van der Waals surface area contributed by atoms with E-state index in [0.29, 0.717) is 17.1 Å². The molecule has 2 aromatic rings. The Morgan fingerprint density at radius 3 is 2.30 bits per heavy atom. The largest absolute Gasteiger partial charge is 0.573 e. The number of aryl methyl sites for hydroxylation is 1. The van der Waals surface area contributed by atoms with Crippen molar-refractivity contribution in [1.29, 1.82) is 0 Å². The zero-order valence-electron chi connectivity index (χ0n) is 10.6. The van der Waals surface area contributed by atoms with Gasteiger partial charge in [-0.3, -0.25) is 0 Å². The fraction of sp³-hybridized carbons (Fsp3) is 0.286. The molecule has 0 amide bonds. The summed E-state index contributed by atoms with van der Waals surface area (Å²) in [7, 11) is 0. The van der Waals surface area contributed by atoms with Crippen LogP contribution in [0.2, 0.25) is 0 Å². The van der Waals surface area contributed by atoms with Gasteiger partial charge in [-0.1, -0.05) is 12.1 Å². The number of hydrogen-bond donors (Lipinski definition) is 1. The number of aliphatic hydroxyl groups is 1. The molecule has 0 spiro atoms. The number of halogens is 3. The van der Waals surface area contributed by atoms with Crippen molar-refractivity contribution in [3.05, 3.63) is 53.5 Å². The molecule has 20 heavy (non-hydrogen) atoms. The van der Waals surface area contributed by atoms with Crippen LogP contribution in [0, 0.1) is 6.92 Å². The minimum Gasteiger partial charge on any atom is -0.464 e. The van der Waals surface area contributed by atoms with Crippen molar-refractivity contribution >= 4 is 0 Å². The highest BCUT2D eigenvalue weighted by Crippen LogP contribution is 2.25. The Morgan fingerprint density at radius 2 is 1.80 bits per heavy atom. The van der Waals surface area contributed by atoms with Gasteiger partial charge in [0.1, 0.15) is 23.4 Å². The molecule has 0 aliphatic rings. The van der Waals surface area contributed by atoms with Crippen LogP contribution in [-0.4, -0.2) is 11.5 Å². The first kappa shape index (κ1) is 14.5. The van der Waals surface area contributed by atoms with E-state index in [1.54, 1.807) is 19.1 Å². The molecule has 0 saturated carbocycles. The third-order valence-corrected chi connectivity index (χ3v) is 2.68. The second-order valence-corrected chi connectivity index (χ2v) is 4.36. The minimum absolute atomic E-state index is 0.249. The summed E-state index contributed by atoms with van der Waals surface area (Å²) in [5, 5.41) is 9.94. The van der Waals surface area contributed by atoms with E-state index in [-0.39, 0.29) is 12.2 Å². The van der Waals surface area contributed by atoms with Crippen molar-refractivity contribution in [3.8, 4) is 5.75 Å². The Morgan fingerprint density at radius 1 is 1.15 bits per heavy atom. The van der Waals surface area contributed by atoms with Gasteiger partial charge in [0.15, 0.2) is 0 Å². The third-order valence-electron chi connectivity index (χ3n) is 2.68. The van der Waals surface area contributed by atoms with E-state index < -0.39 is 12.5 Å². The normalized spacial score (nSPS) is 13.2. The lowest BCUT2D eigenvalue weighted by atomic mass is 10.1. The Bertz CT molecular complexity index is 558. The first-order valence-corrected chi connectivity index (χ1v) is 5.92. The molecule has 108 valence electrons. The number of hydrogen-bond acceptors (Lipinski definition) is 3. The molecule has 0 radical (unpaired) electrons. The van der Waals surface area contributed by atoms with E-state index in [1.807, 2.05) is 0 Å². The summed E-state index contributed by atoms with van der Waals surface area (Å²) < 4.78 is 45.1. The predicted molar refractivity (Wildman–Crippen MR) is 65.2 cm³/mol. The van der Waals surface area contributed by atoms with E-state index in [9.17, 15) is 18.3 Å². The number of furan rings is 1. The Hall–Kier alpha value is -1.95. The monoisotopic (exact) mass is 286 g/mol. The zero-order chi connectivity index (χ0) is 14.8. The molecule has 6 heteroatoms. The summed E-state index contributed by atoms with van der Waals surface area (Å²) in [6.45, 7) is 1.76. The Kier molecular flexibility index (Phi) is 4.04. The van der Waals surface area contributed by atoms with Crippen molar-refractivity contribution in [2.45, 2.75) is 25.8 Å². The molecule has 3 nitrogen and oxygen atoms in total. The molecule has 1 atom stereocenters. The number of aliphatic hydroxyl groups excluding tert-OH is 1. The molecule has 1 heterocycles. The van der Waals surface area contributed by atoms with E-state index in [2.05, 4.69) is 4.74 Å². The van der Waals surface area contributed by atoms with E-state index >= 15 is 0 Å². The number of ether oxygens (including phenoxy) is 1. The highest BCUT2D eigenvalue weighted by Gasteiger charge is 2.30. The SMILES string of the molecule is Cc1ccc(C(O)Cc2ccc(OC(F)(F)F)cc2)o1. The molecule has 0 saturated heterocycles. The van der Waals surface area contributed by atoms with Gasteiger partial charge in [0, 0.05) is 6.42 Å². The van der Waals surface area contributed by atoms with Crippen LogP contribution in [-0.2, 0) is 6.42 Å². The van der Waals surface area contributed by atoms with Gasteiger partial charge in [-0.25, -0.2) is 0 Å². The first-order chi connectivity index (χ1) is 9.33. The van der Waals surface area contributed by atoms with Crippen molar-refractivity contribution in [1.82, 2.24) is 0 Å². The maximum Gasteiger partial charge on any atom is 0.573 e. The second-order valence-electron chi connectivity index (χ2n) is 4.36. The molecular weight excluding hydrogens is 273 g/mol. The Labute approximate surface area is 113 Å². The summed E-state index contributed by atoms with van der Waals surface area (Å²) in [6.07, 6.45) is -5.29. The van der Waals surface area contributed by atoms with Crippen LogP contribution in [0.15, 0.2) is 40.8 Å². The number of benzene rings is 1. The van der Waals surface area contributed by atoms with Gasteiger partial charge in [-0.15, -0.1) is 13.2 Å². The summed E-state index contributed by atoms with van der Waals surface area (Å²) in [4.78, 5) is 0. The quantitative estimate of drug-likeness (QED) is 0.930. The van der Waals surface area contributed by atoms with E-state index in [0.717, 1.165) is 0 Å². The molecule has 1 aromatic heterocycles. The highest BCUT2D eigenvalue weighted by atomic mass is 19.4. The minimum atomic E-state index is -4.70. The molecule has 2 rings (SSSR count). The maximum absolute atomic E-state index is 12.0. The summed E-state index contributed by atoms with van der Waals surface area (Å²) in [6, 6.07) is 8.77. The Balaban J connectivity index is 2.00. The number of rotatable bonds is 4. The molecule has 0 aliphatic carbocycles. The molecule has 0 fully saturated rings. The van der Waals surface area contributed by atoms with Crippen molar-refractivity contribution < 1.29 is 27.4 Å². The van der Waals surface area contributed by atoms with Crippen molar-refractivity contribution in [2.24, 2.45) is 0 Å². The molecule has 1 aromatic carbocycles. The predicted octanol–water partition coefficient (Wildman–Crippen LogP) is 3.76. The maximum atomic E-state index is 12.0. The van der Waals surface area contributed by atoms with Gasteiger partial charge in [-0.05, 0) is 36.8 Å². The van der Waals surface area contributed by atoms with Crippen LogP contribution in [0.3, 0.4) is 0 Å². The first-order valence-electron chi connectivity index (χ1n) is 5.92. The van der Waals surface area contributed by atoms with Gasteiger partial charge in [-0.2, -0.15) is 0 Å². The second kappa shape index (κ2) is 5.58. The molecule has 0 aliphatic heterocycles.